The molecule has 3 fully saturated rings. The quantitative estimate of drug-likeness (QED) is 0.541. The van der Waals surface area contributed by atoms with E-state index in [4.69, 9.17) is 10.5 Å². The Hall–Kier alpha value is -4.27. The molecule has 5 rings (SSSR count). The number of primary amides is 1. The highest BCUT2D eigenvalue weighted by atomic mass is 16.5. The Morgan fingerprint density at radius 2 is 1.97 bits per heavy atom. The van der Waals surface area contributed by atoms with Crippen LogP contribution in [0.1, 0.15) is 63.8 Å². The highest BCUT2D eigenvalue weighted by molar-refractivity contribution is 5.96. The van der Waals surface area contributed by atoms with Crippen molar-refractivity contribution in [2.45, 2.75) is 38.5 Å². The molecule has 2 aliphatic heterocycles. The summed E-state index contributed by atoms with van der Waals surface area (Å²) >= 11 is 0. The maximum Gasteiger partial charge on any atom is 0.319 e. The van der Waals surface area contributed by atoms with Crippen LogP contribution in [0.25, 0.3) is 0 Å². The topological polar surface area (TPSA) is 167 Å². The molecule has 4 heterocycles. The first-order valence-electron chi connectivity index (χ1n) is 12.8. The van der Waals surface area contributed by atoms with Gasteiger partial charge >= 0.3 is 6.01 Å². The number of carbonyl (C=O) groups excluding carboxylic acids is 3. The molecule has 198 valence electrons. The molecule has 0 atom stereocenters. The molecule has 0 spiro atoms. The van der Waals surface area contributed by atoms with Gasteiger partial charge < -0.3 is 25.6 Å². The second-order valence-electron chi connectivity index (χ2n) is 10.2. The lowest BCUT2D eigenvalue weighted by atomic mass is 9.92. The number of aryl methyl sites for hydroxylation is 1. The van der Waals surface area contributed by atoms with Gasteiger partial charge in [-0.3, -0.25) is 14.4 Å². The number of nitrogens with one attached hydrogen (secondary N) is 1. The Bertz CT molecular complexity index is 1310. The summed E-state index contributed by atoms with van der Waals surface area (Å²) in [7, 11) is 0. The monoisotopic (exact) mass is 518 g/mol. The van der Waals surface area contributed by atoms with Gasteiger partial charge in [0, 0.05) is 43.9 Å². The Morgan fingerprint density at radius 3 is 2.63 bits per heavy atom. The minimum Gasteiger partial charge on any atom is -0.462 e. The number of pyridine rings is 1. The number of hydrogen-bond acceptors (Lipinski definition) is 9. The van der Waals surface area contributed by atoms with Gasteiger partial charge in [0.25, 0.3) is 11.8 Å². The highest BCUT2D eigenvalue weighted by Crippen LogP contribution is 2.45. The van der Waals surface area contributed by atoms with Crippen LogP contribution in [0.5, 0.6) is 6.01 Å². The van der Waals surface area contributed by atoms with Gasteiger partial charge in [0.2, 0.25) is 5.91 Å². The number of hydrogen-bond donors (Lipinski definition) is 2. The lowest BCUT2D eigenvalue weighted by Gasteiger charge is -2.33. The lowest BCUT2D eigenvalue weighted by molar-refractivity contribution is -0.123. The summed E-state index contributed by atoms with van der Waals surface area (Å²) in [6.07, 6.45) is 3.05. The van der Waals surface area contributed by atoms with Gasteiger partial charge in [-0.1, -0.05) is 6.07 Å². The molecule has 2 aromatic heterocycles. The van der Waals surface area contributed by atoms with E-state index >= 15 is 0 Å². The smallest absolute Gasteiger partial charge is 0.319 e. The van der Waals surface area contributed by atoms with Crippen LogP contribution in [0.2, 0.25) is 0 Å². The fraction of sp³-hybridized carbons (Fsp3) is 0.500. The first-order chi connectivity index (χ1) is 18.3. The summed E-state index contributed by atoms with van der Waals surface area (Å²) < 4.78 is 5.82. The molecule has 0 radical (unpaired) electrons. The fourth-order valence-electron chi connectivity index (χ4n) is 4.79. The third kappa shape index (κ3) is 5.37. The van der Waals surface area contributed by atoms with E-state index in [1.165, 1.54) is 4.90 Å². The molecular weight excluding hydrogens is 488 g/mol. The summed E-state index contributed by atoms with van der Waals surface area (Å²) in [5.41, 5.74) is 6.99. The van der Waals surface area contributed by atoms with Gasteiger partial charge in [0.05, 0.1) is 18.0 Å². The zero-order valence-corrected chi connectivity index (χ0v) is 21.3. The van der Waals surface area contributed by atoms with Gasteiger partial charge in [0.15, 0.2) is 0 Å². The standard InChI is InChI=1S/C26H30N8O4/c1-16-2-3-18(30-22(16)23(28)36)17-4-9-33(10-5-17)20-12-19(24(37)34-11-8-29-21(35)13-34)31-25(32-20)38-15-26(14-27)6-7-26/h2-3,12,17H,4-11,13,15H2,1H3,(H2,28,36)(H,29,35). The van der Waals surface area contributed by atoms with Gasteiger partial charge in [0.1, 0.15) is 23.8 Å². The highest BCUT2D eigenvalue weighted by Gasteiger charge is 2.44. The van der Waals surface area contributed by atoms with Crippen molar-refractivity contribution in [3.63, 3.8) is 0 Å². The molecule has 1 saturated carbocycles. The third-order valence-corrected chi connectivity index (χ3v) is 7.39. The molecule has 12 heteroatoms. The Labute approximate surface area is 220 Å². The fourth-order valence-corrected chi connectivity index (χ4v) is 4.79. The second kappa shape index (κ2) is 10.2. The first-order valence-corrected chi connectivity index (χ1v) is 12.8. The van der Waals surface area contributed by atoms with E-state index in [0.717, 1.165) is 36.9 Å². The van der Waals surface area contributed by atoms with E-state index in [2.05, 4.69) is 31.2 Å². The summed E-state index contributed by atoms with van der Waals surface area (Å²) in [5, 5.41) is 12.1. The predicted molar refractivity (Wildman–Crippen MR) is 135 cm³/mol. The Morgan fingerprint density at radius 1 is 1.21 bits per heavy atom. The van der Waals surface area contributed by atoms with E-state index in [0.29, 0.717) is 37.7 Å². The van der Waals surface area contributed by atoms with Crippen molar-refractivity contribution in [2.24, 2.45) is 11.1 Å². The molecule has 3 amide bonds. The lowest BCUT2D eigenvalue weighted by Crippen LogP contribution is -2.50. The number of nitrogens with zero attached hydrogens (tertiary/aromatic N) is 6. The molecular formula is C26H30N8O4. The molecule has 0 aromatic carbocycles. The van der Waals surface area contributed by atoms with E-state index in [1.807, 2.05) is 19.1 Å². The van der Waals surface area contributed by atoms with Crippen molar-refractivity contribution in [2.75, 3.05) is 44.2 Å². The number of nitriles is 1. The number of amides is 3. The largest absolute Gasteiger partial charge is 0.462 e. The first kappa shape index (κ1) is 25.4. The van der Waals surface area contributed by atoms with Crippen molar-refractivity contribution < 1.29 is 19.1 Å². The maximum absolute atomic E-state index is 13.2. The average molecular weight is 519 g/mol. The summed E-state index contributed by atoms with van der Waals surface area (Å²) in [6, 6.07) is 7.77. The number of nitrogens with two attached hydrogens (primary N) is 1. The molecule has 2 aromatic rings. The molecule has 12 nitrogen and oxygen atoms in total. The Balaban J connectivity index is 1.35. The molecule has 3 N–H and O–H groups in total. The predicted octanol–water partition coefficient (Wildman–Crippen LogP) is 0.918. The molecule has 38 heavy (non-hydrogen) atoms. The third-order valence-electron chi connectivity index (χ3n) is 7.39. The Kier molecular flexibility index (Phi) is 6.84. The molecule has 0 unspecified atom stereocenters. The van der Waals surface area contributed by atoms with E-state index in [1.54, 1.807) is 6.07 Å². The average Bonchev–Trinajstić information content (AvgIpc) is 3.72. The number of ether oxygens (including phenoxy) is 1. The van der Waals surface area contributed by atoms with Gasteiger partial charge in [-0.05, 0) is 44.2 Å². The van der Waals surface area contributed by atoms with Crippen LogP contribution < -0.4 is 20.7 Å². The zero-order chi connectivity index (χ0) is 26.9. The van der Waals surface area contributed by atoms with Crippen molar-refractivity contribution in [1.82, 2.24) is 25.2 Å². The summed E-state index contributed by atoms with van der Waals surface area (Å²) in [5.74, 6) is -0.419. The van der Waals surface area contributed by atoms with Crippen LogP contribution in [0, 0.1) is 23.7 Å². The molecule has 3 aliphatic rings. The minimum atomic E-state index is -0.539. The van der Waals surface area contributed by atoms with Gasteiger partial charge in [-0.2, -0.15) is 15.2 Å². The number of piperidine rings is 1. The summed E-state index contributed by atoms with van der Waals surface area (Å²) in [6.45, 7) is 4.00. The van der Waals surface area contributed by atoms with E-state index < -0.39 is 11.3 Å². The van der Waals surface area contributed by atoms with E-state index in [9.17, 15) is 19.6 Å². The SMILES string of the molecule is Cc1ccc(C2CCN(c3cc(C(=O)N4CCNC(=O)C4)nc(OCC4(C#N)CC4)n3)CC2)nc1C(N)=O. The maximum atomic E-state index is 13.2. The van der Waals surface area contributed by atoms with Crippen LogP contribution in [0.3, 0.4) is 0 Å². The number of piperazine rings is 1. The van der Waals surface area contributed by atoms with Gasteiger partial charge in [-0.15, -0.1) is 0 Å². The second-order valence-corrected chi connectivity index (χ2v) is 10.2. The van der Waals surface area contributed by atoms with Crippen molar-refractivity contribution in [3.05, 3.63) is 40.8 Å². The number of rotatable bonds is 7. The van der Waals surface area contributed by atoms with Gasteiger partial charge in [-0.25, -0.2) is 4.98 Å². The van der Waals surface area contributed by atoms with Crippen LogP contribution in [-0.2, 0) is 4.79 Å². The van der Waals surface area contributed by atoms with Crippen LogP contribution in [0.4, 0.5) is 5.82 Å². The molecule has 0 bridgehead atoms. The normalized spacial score (nSPS) is 18.9. The number of carbonyl (C=O) groups is 3. The van der Waals surface area contributed by atoms with Crippen LogP contribution in [-0.4, -0.2) is 76.9 Å². The van der Waals surface area contributed by atoms with Crippen LogP contribution >= 0.6 is 0 Å². The van der Waals surface area contributed by atoms with Crippen molar-refractivity contribution >= 4 is 23.5 Å². The molecule has 2 saturated heterocycles. The zero-order valence-electron chi connectivity index (χ0n) is 21.3. The van der Waals surface area contributed by atoms with Crippen LogP contribution in [0.15, 0.2) is 18.2 Å². The van der Waals surface area contributed by atoms with E-state index in [-0.39, 0.29) is 42.6 Å². The van der Waals surface area contributed by atoms with Crippen molar-refractivity contribution in [1.29, 1.82) is 5.26 Å². The number of anilines is 1. The van der Waals surface area contributed by atoms with Crippen molar-refractivity contribution in [3.8, 4) is 12.1 Å². The summed E-state index contributed by atoms with van der Waals surface area (Å²) in [4.78, 5) is 53.8. The minimum absolute atomic E-state index is 0.0336. The number of aromatic nitrogens is 3. The molecule has 1 aliphatic carbocycles.